The number of rotatable bonds is 7. The van der Waals surface area contributed by atoms with Crippen molar-refractivity contribution in [3.8, 4) is 0 Å². The monoisotopic (exact) mass is 440 g/mol. The maximum absolute atomic E-state index is 12.9. The molecular formula is C17H24N6O4S2. The molecule has 1 saturated heterocycles. The van der Waals surface area contributed by atoms with Crippen LogP contribution in [-0.4, -0.2) is 52.4 Å². The van der Waals surface area contributed by atoms with E-state index in [1.165, 1.54) is 32.5 Å². The van der Waals surface area contributed by atoms with Crippen LogP contribution in [-0.2, 0) is 28.3 Å². The number of aryl methyl sites for hydroxylation is 2. The summed E-state index contributed by atoms with van der Waals surface area (Å²) in [5.74, 6) is -1.16. The average Bonchev–Trinajstić information content (AvgIpc) is 3.29. The number of carbonyl (C=O) groups excluding carboxylic acids is 2. The molecule has 0 spiro atoms. The van der Waals surface area contributed by atoms with Crippen molar-refractivity contribution in [1.29, 1.82) is 0 Å². The second-order valence-corrected chi connectivity index (χ2v) is 9.95. The van der Waals surface area contributed by atoms with E-state index in [1.54, 1.807) is 7.05 Å². The molecule has 0 aliphatic carbocycles. The second kappa shape index (κ2) is 8.59. The van der Waals surface area contributed by atoms with E-state index in [1.807, 2.05) is 6.92 Å². The van der Waals surface area contributed by atoms with E-state index in [9.17, 15) is 18.0 Å². The largest absolute Gasteiger partial charge is 0.364 e. The average molecular weight is 441 g/mol. The first-order valence-electron chi connectivity index (χ1n) is 9.32. The molecule has 0 saturated carbocycles. The fourth-order valence-electron chi connectivity index (χ4n) is 3.25. The van der Waals surface area contributed by atoms with Crippen LogP contribution in [0.3, 0.4) is 0 Å². The molecule has 1 fully saturated rings. The number of nitrogens with one attached hydrogen (secondary N) is 1. The van der Waals surface area contributed by atoms with Gasteiger partial charge in [-0.05, 0) is 25.3 Å². The standard InChI is InChI=1S/C17H24N6O4S2/c1-3-4-14-20-21-17(28-14)19-16(25)11-5-7-23(8-6-11)29(26,27)12-9-13(15(18)24)22(2)10-12/h9-11H,3-8H2,1-2H3,(H2,18,24)(H,19,21,25). The van der Waals surface area contributed by atoms with Crippen molar-refractivity contribution in [3.63, 3.8) is 0 Å². The molecule has 3 rings (SSSR count). The Morgan fingerprint density at radius 2 is 2.00 bits per heavy atom. The van der Waals surface area contributed by atoms with Gasteiger partial charge in [-0.1, -0.05) is 18.3 Å². The number of nitrogens with two attached hydrogens (primary N) is 1. The molecule has 10 nitrogen and oxygen atoms in total. The molecule has 0 unspecified atom stereocenters. The van der Waals surface area contributed by atoms with E-state index in [2.05, 4.69) is 15.5 Å². The summed E-state index contributed by atoms with van der Waals surface area (Å²) in [6.45, 7) is 2.49. The molecule has 2 aromatic heterocycles. The summed E-state index contributed by atoms with van der Waals surface area (Å²) < 4.78 is 28.4. The van der Waals surface area contributed by atoms with Gasteiger partial charge < -0.3 is 15.6 Å². The Labute approximate surface area is 173 Å². The van der Waals surface area contributed by atoms with Gasteiger partial charge in [-0.25, -0.2) is 8.42 Å². The molecule has 1 aliphatic heterocycles. The Balaban J connectivity index is 1.61. The number of carbonyl (C=O) groups is 2. The zero-order chi connectivity index (χ0) is 21.2. The van der Waals surface area contributed by atoms with Gasteiger partial charge in [0.25, 0.3) is 5.91 Å². The highest BCUT2D eigenvalue weighted by molar-refractivity contribution is 7.89. The van der Waals surface area contributed by atoms with Crippen LogP contribution in [0.1, 0.15) is 41.7 Å². The molecule has 12 heteroatoms. The van der Waals surface area contributed by atoms with Crippen LogP contribution in [0.15, 0.2) is 17.2 Å². The van der Waals surface area contributed by atoms with Crippen molar-refractivity contribution in [3.05, 3.63) is 23.0 Å². The molecule has 0 bridgehead atoms. The maximum Gasteiger partial charge on any atom is 0.265 e. The number of primary amides is 1. The summed E-state index contributed by atoms with van der Waals surface area (Å²) in [5, 5.41) is 12.1. The van der Waals surface area contributed by atoms with Crippen LogP contribution in [0.5, 0.6) is 0 Å². The molecule has 29 heavy (non-hydrogen) atoms. The van der Waals surface area contributed by atoms with Crippen molar-refractivity contribution < 1.29 is 18.0 Å². The minimum Gasteiger partial charge on any atom is -0.364 e. The summed E-state index contributed by atoms with van der Waals surface area (Å²) in [7, 11) is -2.19. The van der Waals surface area contributed by atoms with Crippen molar-refractivity contribution in [2.45, 2.75) is 37.5 Å². The molecule has 3 N–H and O–H groups in total. The number of sulfonamides is 1. The van der Waals surface area contributed by atoms with Gasteiger partial charge in [-0.2, -0.15) is 4.31 Å². The maximum atomic E-state index is 12.9. The fraction of sp³-hybridized carbons (Fsp3) is 0.529. The van der Waals surface area contributed by atoms with E-state index in [0.717, 1.165) is 17.8 Å². The molecular weight excluding hydrogens is 416 g/mol. The highest BCUT2D eigenvalue weighted by atomic mass is 32.2. The first-order chi connectivity index (χ1) is 13.7. The summed E-state index contributed by atoms with van der Waals surface area (Å²) in [6, 6.07) is 1.28. The Hall–Kier alpha value is -2.31. The number of hydrogen-bond acceptors (Lipinski definition) is 7. The molecule has 0 atom stereocenters. The number of hydrogen-bond donors (Lipinski definition) is 2. The van der Waals surface area contributed by atoms with Crippen molar-refractivity contribution in [2.24, 2.45) is 18.7 Å². The Bertz CT molecular complexity index is 1010. The zero-order valence-electron chi connectivity index (χ0n) is 16.3. The summed E-state index contributed by atoms with van der Waals surface area (Å²) >= 11 is 1.36. The minimum absolute atomic E-state index is 0.0222. The predicted molar refractivity (Wildman–Crippen MR) is 108 cm³/mol. The molecule has 1 aliphatic rings. The number of piperidine rings is 1. The number of aromatic nitrogens is 3. The van der Waals surface area contributed by atoms with Gasteiger partial charge in [0.1, 0.15) is 15.6 Å². The van der Waals surface area contributed by atoms with Crippen LogP contribution in [0, 0.1) is 5.92 Å². The van der Waals surface area contributed by atoms with Crippen LogP contribution < -0.4 is 11.1 Å². The van der Waals surface area contributed by atoms with E-state index < -0.39 is 15.9 Å². The van der Waals surface area contributed by atoms with Crippen molar-refractivity contribution in [2.75, 3.05) is 18.4 Å². The fourth-order valence-corrected chi connectivity index (χ4v) is 5.64. The second-order valence-electron chi connectivity index (χ2n) is 6.95. The first kappa shape index (κ1) is 21.4. The Morgan fingerprint density at radius 3 is 2.59 bits per heavy atom. The summed E-state index contributed by atoms with van der Waals surface area (Å²) in [5.41, 5.74) is 5.38. The summed E-state index contributed by atoms with van der Waals surface area (Å²) in [6.07, 6.45) is 3.96. The smallest absolute Gasteiger partial charge is 0.265 e. The van der Waals surface area contributed by atoms with E-state index in [-0.39, 0.29) is 35.5 Å². The minimum atomic E-state index is -3.76. The third-order valence-electron chi connectivity index (χ3n) is 4.86. The van der Waals surface area contributed by atoms with Crippen LogP contribution in [0.25, 0.3) is 0 Å². The molecule has 3 heterocycles. The van der Waals surface area contributed by atoms with E-state index in [4.69, 9.17) is 5.73 Å². The number of amides is 2. The third-order valence-corrected chi connectivity index (χ3v) is 7.62. The summed E-state index contributed by atoms with van der Waals surface area (Å²) in [4.78, 5) is 23.9. The van der Waals surface area contributed by atoms with Crippen molar-refractivity contribution in [1.82, 2.24) is 19.1 Å². The van der Waals surface area contributed by atoms with Crippen LogP contribution in [0.2, 0.25) is 0 Å². The lowest BCUT2D eigenvalue weighted by molar-refractivity contribution is -0.120. The number of anilines is 1. The van der Waals surface area contributed by atoms with Gasteiger partial charge in [0, 0.05) is 38.7 Å². The SMILES string of the molecule is CCCc1nnc(NC(=O)C2CCN(S(=O)(=O)c3cc(C(N)=O)n(C)c3)CC2)s1. The van der Waals surface area contributed by atoms with Gasteiger partial charge >= 0.3 is 0 Å². The topological polar surface area (TPSA) is 140 Å². The van der Waals surface area contributed by atoms with Gasteiger partial charge in [-0.3, -0.25) is 9.59 Å². The van der Waals surface area contributed by atoms with Crippen LogP contribution in [0.4, 0.5) is 5.13 Å². The van der Waals surface area contributed by atoms with Gasteiger partial charge in [0.2, 0.25) is 21.1 Å². The van der Waals surface area contributed by atoms with Gasteiger partial charge in [0.05, 0.1) is 0 Å². The Morgan fingerprint density at radius 1 is 1.31 bits per heavy atom. The zero-order valence-corrected chi connectivity index (χ0v) is 17.9. The quantitative estimate of drug-likeness (QED) is 0.657. The van der Waals surface area contributed by atoms with E-state index >= 15 is 0 Å². The molecule has 2 amide bonds. The lowest BCUT2D eigenvalue weighted by Gasteiger charge is -2.30. The van der Waals surface area contributed by atoms with Gasteiger partial charge in [0.15, 0.2) is 0 Å². The highest BCUT2D eigenvalue weighted by Gasteiger charge is 2.33. The van der Waals surface area contributed by atoms with E-state index in [0.29, 0.717) is 18.0 Å². The Kier molecular flexibility index (Phi) is 6.34. The molecule has 0 aromatic carbocycles. The predicted octanol–water partition coefficient (Wildman–Crippen LogP) is 0.967. The highest BCUT2D eigenvalue weighted by Crippen LogP contribution is 2.26. The number of nitrogens with zero attached hydrogens (tertiary/aromatic N) is 4. The lowest BCUT2D eigenvalue weighted by Crippen LogP contribution is -2.41. The molecule has 158 valence electrons. The van der Waals surface area contributed by atoms with Crippen molar-refractivity contribution >= 4 is 38.3 Å². The van der Waals surface area contributed by atoms with Gasteiger partial charge in [-0.15, -0.1) is 10.2 Å². The molecule has 0 radical (unpaired) electrons. The lowest BCUT2D eigenvalue weighted by atomic mass is 9.97. The third kappa shape index (κ3) is 4.65. The molecule has 2 aromatic rings. The normalized spacial score (nSPS) is 16.1. The first-order valence-corrected chi connectivity index (χ1v) is 11.6. The van der Waals surface area contributed by atoms with Crippen LogP contribution >= 0.6 is 11.3 Å².